The normalized spacial score (nSPS) is 11.6. The zero-order chi connectivity index (χ0) is 27.4. The summed E-state index contributed by atoms with van der Waals surface area (Å²) in [5.74, 6) is -0.549. The molecule has 4 rings (SSSR count). The van der Waals surface area contributed by atoms with Crippen molar-refractivity contribution in [2.24, 2.45) is 5.10 Å². The lowest BCUT2D eigenvalue weighted by Crippen LogP contribution is -2.39. The van der Waals surface area contributed by atoms with Gasteiger partial charge in [0, 0.05) is 22.6 Å². The fraction of sp³-hybridized carbons (Fsp3) is 0.200. The van der Waals surface area contributed by atoms with Crippen molar-refractivity contribution in [3.8, 4) is 5.69 Å². The number of hydrogen-bond acceptors (Lipinski definition) is 4. The van der Waals surface area contributed by atoms with E-state index in [0.29, 0.717) is 5.69 Å². The van der Waals surface area contributed by atoms with Crippen LogP contribution in [-0.4, -0.2) is 31.7 Å². The molecule has 0 bridgehead atoms. The molecular weight excluding hydrogens is 496 g/mol. The van der Waals surface area contributed by atoms with Crippen LogP contribution in [-0.2, 0) is 14.8 Å². The second-order valence-corrected chi connectivity index (χ2v) is 11.3. The lowest BCUT2D eigenvalue weighted by atomic mass is 10.1. The van der Waals surface area contributed by atoms with Crippen molar-refractivity contribution in [1.82, 2.24) is 9.99 Å². The van der Waals surface area contributed by atoms with Gasteiger partial charge in [-0.2, -0.15) is 5.10 Å². The monoisotopic (exact) mass is 528 g/mol. The van der Waals surface area contributed by atoms with Gasteiger partial charge in [0.05, 0.1) is 16.8 Å². The van der Waals surface area contributed by atoms with Gasteiger partial charge < -0.3 is 4.57 Å². The number of aryl methyl sites for hydroxylation is 4. The van der Waals surface area contributed by atoms with Crippen molar-refractivity contribution in [2.75, 3.05) is 10.8 Å². The summed E-state index contributed by atoms with van der Waals surface area (Å²) in [6.45, 7) is 9.42. The third-order valence-corrected chi connectivity index (χ3v) is 8.02. The molecule has 0 fully saturated rings. The molecule has 7 nitrogen and oxygen atoms in total. The Morgan fingerprint density at radius 2 is 1.55 bits per heavy atom. The minimum atomic E-state index is -3.99. The van der Waals surface area contributed by atoms with Gasteiger partial charge in [0.15, 0.2) is 0 Å². The van der Waals surface area contributed by atoms with Crippen LogP contribution in [0.2, 0.25) is 0 Å². The van der Waals surface area contributed by atoms with Gasteiger partial charge in [-0.15, -0.1) is 0 Å². The van der Waals surface area contributed by atoms with Gasteiger partial charge in [-0.1, -0.05) is 36.4 Å². The van der Waals surface area contributed by atoms with Gasteiger partial charge in [0.1, 0.15) is 6.54 Å². The summed E-state index contributed by atoms with van der Waals surface area (Å²) in [5, 5.41) is 4.15. The smallest absolute Gasteiger partial charge is 0.264 e. The number of anilines is 1. The van der Waals surface area contributed by atoms with Crippen molar-refractivity contribution < 1.29 is 13.2 Å². The lowest BCUT2D eigenvalue weighted by molar-refractivity contribution is -0.119. The minimum Gasteiger partial charge on any atom is -0.318 e. The molecule has 0 aliphatic heterocycles. The molecule has 1 aromatic heterocycles. The average molecular weight is 529 g/mol. The maximum absolute atomic E-state index is 13.5. The van der Waals surface area contributed by atoms with Crippen LogP contribution in [0, 0.1) is 34.6 Å². The molecular formula is C30H32N4O3S. The van der Waals surface area contributed by atoms with E-state index in [9.17, 15) is 13.2 Å². The number of aromatic nitrogens is 1. The molecule has 1 N–H and O–H groups in total. The third-order valence-electron chi connectivity index (χ3n) is 6.24. The molecule has 3 aromatic carbocycles. The Morgan fingerprint density at radius 3 is 2.21 bits per heavy atom. The molecule has 0 aliphatic carbocycles. The summed E-state index contributed by atoms with van der Waals surface area (Å²) < 4.78 is 30.3. The van der Waals surface area contributed by atoms with Crippen LogP contribution in [0.3, 0.4) is 0 Å². The highest BCUT2D eigenvalue weighted by atomic mass is 32.2. The first kappa shape index (κ1) is 26.9. The van der Waals surface area contributed by atoms with Gasteiger partial charge in [0.2, 0.25) is 0 Å². The zero-order valence-corrected chi connectivity index (χ0v) is 23.1. The Kier molecular flexibility index (Phi) is 7.83. The predicted molar refractivity (Wildman–Crippen MR) is 153 cm³/mol. The van der Waals surface area contributed by atoms with E-state index >= 15 is 0 Å². The molecule has 1 heterocycles. The Hall–Kier alpha value is -4.17. The minimum absolute atomic E-state index is 0.110. The fourth-order valence-electron chi connectivity index (χ4n) is 4.55. The second-order valence-electron chi connectivity index (χ2n) is 9.46. The predicted octanol–water partition coefficient (Wildman–Crippen LogP) is 5.37. The number of carbonyl (C=O) groups excluding carboxylic acids is 1. The molecule has 0 unspecified atom stereocenters. The summed E-state index contributed by atoms with van der Waals surface area (Å²) >= 11 is 0. The largest absolute Gasteiger partial charge is 0.318 e. The molecule has 38 heavy (non-hydrogen) atoms. The summed E-state index contributed by atoms with van der Waals surface area (Å²) in [4.78, 5) is 13.1. The van der Waals surface area contributed by atoms with Gasteiger partial charge in [-0.25, -0.2) is 13.8 Å². The number of rotatable bonds is 8. The number of nitrogens with one attached hydrogen (secondary N) is 1. The molecule has 0 spiro atoms. The van der Waals surface area contributed by atoms with Crippen LogP contribution in [0.4, 0.5) is 5.69 Å². The summed E-state index contributed by atoms with van der Waals surface area (Å²) in [6.07, 6.45) is 1.58. The van der Waals surface area contributed by atoms with Crippen LogP contribution in [0.25, 0.3) is 5.69 Å². The Bertz CT molecular complexity index is 1590. The third kappa shape index (κ3) is 5.86. The van der Waals surface area contributed by atoms with Crippen molar-refractivity contribution in [3.63, 3.8) is 0 Å². The van der Waals surface area contributed by atoms with E-state index in [0.717, 1.165) is 43.6 Å². The van der Waals surface area contributed by atoms with Crippen LogP contribution >= 0.6 is 0 Å². The summed E-state index contributed by atoms with van der Waals surface area (Å²) in [5.41, 5.74) is 9.82. The zero-order valence-electron chi connectivity index (χ0n) is 22.3. The topological polar surface area (TPSA) is 83.8 Å². The number of amides is 1. The number of hydrogen-bond donors (Lipinski definition) is 1. The van der Waals surface area contributed by atoms with Gasteiger partial charge in [0.25, 0.3) is 15.9 Å². The van der Waals surface area contributed by atoms with Gasteiger partial charge in [-0.3, -0.25) is 9.10 Å². The maximum atomic E-state index is 13.5. The molecule has 196 valence electrons. The number of nitrogens with zero attached hydrogens (tertiary/aromatic N) is 3. The molecule has 4 aromatic rings. The van der Waals surface area contributed by atoms with E-state index in [4.69, 9.17) is 0 Å². The van der Waals surface area contributed by atoms with Crippen molar-refractivity contribution in [3.05, 3.63) is 113 Å². The SMILES string of the molecule is Cc1cc(C)cc(N(CC(=O)N/N=C/c2cc(C)n(-c3cccc(C)c3)c2C)S(=O)(=O)c2ccccc2)c1. The van der Waals surface area contributed by atoms with Crippen LogP contribution in [0.15, 0.2) is 88.9 Å². The molecule has 1 amide bonds. The highest BCUT2D eigenvalue weighted by Gasteiger charge is 2.27. The Morgan fingerprint density at radius 1 is 0.868 bits per heavy atom. The highest BCUT2D eigenvalue weighted by molar-refractivity contribution is 7.92. The van der Waals surface area contributed by atoms with E-state index in [1.807, 2.05) is 52.0 Å². The van der Waals surface area contributed by atoms with Crippen LogP contribution < -0.4 is 9.73 Å². The van der Waals surface area contributed by atoms with E-state index < -0.39 is 22.5 Å². The van der Waals surface area contributed by atoms with Crippen LogP contribution in [0.5, 0.6) is 0 Å². The fourth-order valence-corrected chi connectivity index (χ4v) is 5.98. The molecule has 0 radical (unpaired) electrons. The molecule has 0 atom stereocenters. The van der Waals surface area contributed by atoms with Crippen molar-refractivity contribution >= 4 is 27.8 Å². The first-order chi connectivity index (χ1) is 18.1. The number of benzene rings is 3. The van der Waals surface area contributed by atoms with Crippen LogP contribution in [0.1, 0.15) is 33.6 Å². The van der Waals surface area contributed by atoms with E-state index in [1.165, 1.54) is 12.1 Å². The number of sulfonamides is 1. The van der Waals surface area contributed by atoms with Gasteiger partial charge in [-0.05, 0) is 93.8 Å². The average Bonchev–Trinajstić information content (AvgIpc) is 3.15. The van der Waals surface area contributed by atoms with Crippen molar-refractivity contribution in [1.29, 1.82) is 0 Å². The van der Waals surface area contributed by atoms with E-state index in [-0.39, 0.29) is 4.90 Å². The summed E-state index contributed by atoms with van der Waals surface area (Å²) in [6, 6.07) is 23.8. The number of carbonyl (C=O) groups is 1. The summed E-state index contributed by atoms with van der Waals surface area (Å²) in [7, 11) is -3.99. The lowest BCUT2D eigenvalue weighted by Gasteiger charge is -2.24. The quantitative estimate of drug-likeness (QED) is 0.247. The maximum Gasteiger partial charge on any atom is 0.264 e. The van der Waals surface area contributed by atoms with Gasteiger partial charge >= 0.3 is 0 Å². The first-order valence-corrected chi connectivity index (χ1v) is 13.7. The van der Waals surface area contributed by atoms with Crippen molar-refractivity contribution in [2.45, 2.75) is 39.5 Å². The van der Waals surface area contributed by atoms with E-state index in [2.05, 4.69) is 34.2 Å². The standard InChI is InChI=1S/C30H32N4O3S/c1-21-10-9-11-27(15-21)34-24(4)18-26(25(34)5)19-31-32-30(35)20-33(28-16-22(2)14-23(3)17-28)38(36,37)29-12-7-6-8-13-29/h6-19H,20H2,1-5H3,(H,32,35)/b31-19+. The molecule has 8 heteroatoms. The Balaban J connectivity index is 1.57. The number of hydrazone groups is 1. The van der Waals surface area contributed by atoms with E-state index in [1.54, 1.807) is 36.5 Å². The Labute approximate surface area is 224 Å². The highest BCUT2D eigenvalue weighted by Crippen LogP contribution is 2.26. The first-order valence-electron chi connectivity index (χ1n) is 12.3. The molecule has 0 aliphatic rings. The molecule has 0 saturated heterocycles. The molecule has 0 saturated carbocycles. The second kappa shape index (κ2) is 11.1.